The summed E-state index contributed by atoms with van der Waals surface area (Å²) in [6.07, 6.45) is 9.43. The molecule has 0 radical (unpaired) electrons. The first-order chi connectivity index (χ1) is 11.6. The van der Waals surface area contributed by atoms with E-state index in [9.17, 15) is 0 Å². The van der Waals surface area contributed by atoms with Crippen LogP contribution in [0.3, 0.4) is 0 Å². The first kappa shape index (κ1) is 26.4. The van der Waals surface area contributed by atoms with Crippen LogP contribution in [0.15, 0.2) is 0 Å². The molecule has 0 aromatic rings. The molecule has 0 bridgehead atoms. The second kappa shape index (κ2) is 12.8. The maximum Gasteiger partial charge on any atom is 0.0255 e. The van der Waals surface area contributed by atoms with E-state index in [1.165, 1.54) is 56.5 Å². The number of hydrogen-bond donors (Lipinski definition) is 0. The van der Waals surface area contributed by atoms with Crippen LogP contribution in [0.25, 0.3) is 0 Å². The average molecular weight is 427 g/mol. The minimum atomic E-state index is -0.855. The highest BCUT2D eigenvalue weighted by molar-refractivity contribution is 9.48. The van der Waals surface area contributed by atoms with Crippen LogP contribution < -0.4 is 0 Å². The lowest BCUT2D eigenvalue weighted by atomic mass is 9.83. The third kappa shape index (κ3) is 8.11. The molecule has 1 unspecified atom stereocenters. The molecular weight excluding hydrogens is 380 g/mol. The smallest absolute Gasteiger partial charge is 0.0255 e. The fourth-order valence-electron chi connectivity index (χ4n) is 2.37. The van der Waals surface area contributed by atoms with Gasteiger partial charge in [-0.05, 0) is 44.9 Å². The van der Waals surface area contributed by atoms with Crippen LogP contribution in [0.2, 0.25) is 0 Å². The Balaban J connectivity index is 5.55. The van der Waals surface area contributed by atoms with Crippen molar-refractivity contribution < 1.29 is 0 Å². The molecule has 0 nitrogen and oxygen atoms in total. The largest absolute Gasteiger partial charge is 0.0936 e. The van der Waals surface area contributed by atoms with E-state index in [0.29, 0.717) is 10.2 Å². The van der Waals surface area contributed by atoms with Gasteiger partial charge in [0.15, 0.2) is 0 Å². The fraction of sp³-hybridized carbons (Fsp3) is 1.00. The van der Waals surface area contributed by atoms with Gasteiger partial charge in [-0.25, -0.2) is 0 Å². The Morgan fingerprint density at radius 2 is 1.28 bits per heavy atom. The van der Waals surface area contributed by atoms with Gasteiger partial charge in [-0.3, -0.25) is 0 Å². The highest BCUT2D eigenvalue weighted by Gasteiger charge is 2.49. The molecule has 0 aliphatic carbocycles. The van der Waals surface area contributed by atoms with E-state index in [-0.39, 0.29) is 0 Å². The fourth-order valence-corrected chi connectivity index (χ4v) is 21.1. The molecular formula is C21H46S4. The van der Waals surface area contributed by atoms with E-state index in [4.69, 9.17) is 0 Å². The molecule has 0 N–H and O–H groups in total. The first-order valence-corrected chi connectivity index (χ1v) is 16.4. The van der Waals surface area contributed by atoms with Crippen LogP contribution in [0, 0.1) is 5.41 Å². The maximum atomic E-state index is 2.57. The summed E-state index contributed by atoms with van der Waals surface area (Å²) < 4.78 is 0.350. The van der Waals surface area contributed by atoms with E-state index in [1.807, 2.05) is 0 Å². The standard InChI is InChI=1S/C21H46S4/c1-10-14-15-16-18-23-25(22-17-11-2,24-19(12-3)13-4)21(8,9)20(5,6)7/h19H,10-18H2,1-9H3. The first-order valence-electron chi connectivity index (χ1n) is 10.4. The number of hydrogen-bond acceptors (Lipinski definition) is 3. The van der Waals surface area contributed by atoms with E-state index < -0.39 is 7.12 Å². The van der Waals surface area contributed by atoms with Crippen molar-refractivity contribution in [3.05, 3.63) is 0 Å². The highest BCUT2D eigenvalue weighted by atomic mass is 33.8. The van der Waals surface area contributed by atoms with Gasteiger partial charge in [-0.1, -0.05) is 107 Å². The van der Waals surface area contributed by atoms with Crippen molar-refractivity contribution in [3.63, 3.8) is 0 Å². The Bertz CT molecular complexity index is 331. The Hall–Kier alpha value is 1.40. The van der Waals surface area contributed by atoms with Crippen LogP contribution in [0.4, 0.5) is 0 Å². The van der Waals surface area contributed by atoms with E-state index >= 15 is 0 Å². The summed E-state index contributed by atoms with van der Waals surface area (Å²) in [4.78, 5) is 0. The minimum Gasteiger partial charge on any atom is -0.0936 e. The van der Waals surface area contributed by atoms with Gasteiger partial charge in [-0.15, -0.1) is 0 Å². The predicted molar refractivity (Wildman–Crippen MR) is 132 cm³/mol. The van der Waals surface area contributed by atoms with Crippen LogP contribution in [0.1, 0.15) is 107 Å². The summed E-state index contributed by atoms with van der Waals surface area (Å²) in [7, 11) is 6.23. The van der Waals surface area contributed by atoms with Crippen LogP contribution >= 0.6 is 39.5 Å². The molecule has 0 rings (SSSR count). The second-order valence-electron chi connectivity index (χ2n) is 8.45. The Morgan fingerprint density at radius 3 is 1.72 bits per heavy atom. The molecule has 0 saturated carbocycles. The van der Waals surface area contributed by atoms with Gasteiger partial charge in [0, 0.05) is 21.5 Å². The SMILES string of the molecule is CCCCCCSS(SCCC)(SC(CC)CC)C(C)(C)C(C)(C)C. The number of rotatable bonds is 14. The van der Waals surface area contributed by atoms with Crippen molar-refractivity contribution >= 4 is 39.5 Å². The van der Waals surface area contributed by atoms with Gasteiger partial charge < -0.3 is 0 Å². The van der Waals surface area contributed by atoms with Crippen LogP contribution in [-0.2, 0) is 0 Å². The molecule has 0 fully saturated rings. The zero-order valence-corrected chi connectivity index (χ0v) is 21.8. The summed E-state index contributed by atoms with van der Waals surface area (Å²) in [6, 6.07) is 0. The summed E-state index contributed by atoms with van der Waals surface area (Å²) in [5, 5.41) is 0.809. The lowest BCUT2D eigenvalue weighted by molar-refractivity contribution is 0.320. The van der Waals surface area contributed by atoms with Crippen molar-refractivity contribution in [2.45, 2.75) is 117 Å². The third-order valence-corrected chi connectivity index (χ3v) is 23.1. The molecule has 0 heterocycles. The normalized spacial score (nSPS) is 16.9. The van der Waals surface area contributed by atoms with Gasteiger partial charge >= 0.3 is 0 Å². The Labute approximate surface area is 173 Å². The summed E-state index contributed by atoms with van der Waals surface area (Å²) >= 11 is 0. The maximum absolute atomic E-state index is 2.57. The summed E-state index contributed by atoms with van der Waals surface area (Å²) in [6.45, 7) is 21.9. The topological polar surface area (TPSA) is 0 Å². The molecule has 4 heteroatoms. The third-order valence-electron chi connectivity index (χ3n) is 5.28. The summed E-state index contributed by atoms with van der Waals surface area (Å²) in [5.41, 5.74) is 0.332. The Morgan fingerprint density at radius 1 is 0.720 bits per heavy atom. The molecule has 25 heavy (non-hydrogen) atoms. The predicted octanol–water partition coefficient (Wildman–Crippen LogP) is 9.74. The monoisotopic (exact) mass is 426 g/mol. The van der Waals surface area contributed by atoms with E-state index in [2.05, 4.69) is 94.7 Å². The molecule has 0 aliphatic heterocycles. The lowest BCUT2D eigenvalue weighted by Gasteiger charge is -2.57. The minimum absolute atomic E-state index is 0.332. The Kier molecular flexibility index (Phi) is 13.5. The molecule has 0 aromatic carbocycles. The van der Waals surface area contributed by atoms with Crippen molar-refractivity contribution in [1.29, 1.82) is 0 Å². The van der Waals surface area contributed by atoms with Crippen molar-refractivity contribution in [3.8, 4) is 0 Å². The number of unbranched alkanes of at least 4 members (excludes halogenated alkanes) is 3. The van der Waals surface area contributed by atoms with Gasteiger partial charge in [-0.2, -0.15) is 0 Å². The zero-order valence-electron chi connectivity index (χ0n) is 18.6. The second-order valence-corrected chi connectivity index (χ2v) is 20.9. The zero-order chi connectivity index (χ0) is 19.6. The average Bonchev–Trinajstić information content (AvgIpc) is 2.55. The van der Waals surface area contributed by atoms with Gasteiger partial charge in [0.25, 0.3) is 0 Å². The van der Waals surface area contributed by atoms with Gasteiger partial charge in [0.05, 0.1) is 0 Å². The summed E-state index contributed by atoms with van der Waals surface area (Å²) in [5.74, 6) is 2.66. The quantitative estimate of drug-likeness (QED) is 0.200. The van der Waals surface area contributed by atoms with E-state index in [1.54, 1.807) is 0 Å². The molecule has 0 saturated heterocycles. The van der Waals surface area contributed by atoms with Crippen LogP contribution in [0.5, 0.6) is 0 Å². The molecule has 0 spiro atoms. The molecule has 0 amide bonds. The molecule has 154 valence electrons. The van der Waals surface area contributed by atoms with Crippen LogP contribution in [-0.4, -0.2) is 21.5 Å². The van der Waals surface area contributed by atoms with Crippen molar-refractivity contribution in [1.82, 2.24) is 0 Å². The van der Waals surface area contributed by atoms with Crippen molar-refractivity contribution in [2.75, 3.05) is 11.5 Å². The lowest BCUT2D eigenvalue weighted by Crippen LogP contribution is -2.39. The van der Waals surface area contributed by atoms with E-state index in [0.717, 1.165) is 5.25 Å². The molecule has 1 atom stereocenters. The van der Waals surface area contributed by atoms with Crippen molar-refractivity contribution in [2.24, 2.45) is 5.41 Å². The highest BCUT2D eigenvalue weighted by Crippen LogP contribution is 2.87. The van der Waals surface area contributed by atoms with Gasteiger partial charge in [0.1, 0.15) is 0 Å². The molecule has 0 aromatic heterocycles. The van der Waals surface area contributed by atoms with Gasteiger partial charge in [0.2, 0.25) is 0 Å². The molecule has 0 aliphatic rings.